The standard InChI is InChI=1S/C11H20N4O2/c1-11(2,3)7-15(4)10-12-5-8(6-13-10)9(16)14-17/h5-6,9,14,16-17H,7H2,1-4H3. The zero-order valence-electron chi connectivity index (χ0n) is 10.7. The summed E-state index contributed by atoms with van der Waals surface area (Å²) >= 11 is 0. The van der Waals surface area contributed by atoms with Crippen LogP contribution in [0.15, 0.2) is 12.4 Å². The summed E-state index contributed by atoms with van der Waals surface area (Å²) < 4.78 is 0. The van der Waals surface area contributed by atoms with Gasteiger partial charge in [0.15, 0.2) is 6.23 Å². The van der Waals surface area contributed by atoms with Crippen LogP contribution >= 0.6 is 0 Å². The van der Waals surface area contributed by atoms with E-state index in [0.29, 0.717) is 11.5 Å². The van der Waals surface area contributed by atoms with E-state index in [9.17, 15) is 5.11 Å². The van der Waals surface area contributed by atoms with E-state index in [1.807, 2.05) is 11.9 Å². The van der Waals surface area contributed by atoms with Crippen molar-refractivity contribution in [3.63, 3.8) is 0 Å². The monoisotopic (exact) mass is 240 g/mol. The van der Waals surface area contributed by atoms with Gasteiger partial charge in [-0.05, 0) is 5.41 Å². The first-order chi connectivity index (χ1) is 7.83. The van der Waals surface area contributed by atoms with Gasteiger partial charge in [0.2, 0.25) is 5.95 Å². The highest BCUT2D eigenvalue weighted by molar-refractivity contribution is 5.29. The predicted octanol–water partition coefficient (Wildman–Crippen LogP) is 0.929. The van der Waals surface area contributed by atoms with Gasteiger partial charge in [0.05, 0.1) is 0 Å². The molecule has 0 radical (unpaired) electrons. The minimum atomic E-state index is -1.16. The van der Waals surface area contributed by atoms with E-state index in [1.54, 1.807) is 5.48 Å². The van der Waals surface area contributed by atoms with Gasteiger partial charge in [-0.2, -0.15) is 5.48 Å². The molecule has 0 fully saturated rings. The lowest BCUT2D eigenvalue weighted by Gasteiger charge is -2.26. The van der Waals surface area contributed by atoms with E-state index in [2.05, 4.69) is 30.7 Å². The lowest BCUT2D eigenvalue weighted by atomic mass is 9.96. The second-order valence-electron chi connectivity index (χ2n) is 5.26. The highest BCUT2D eigenvalue weighted by Gasteiger charge is 2.16. The second kappa shape index (κ2) is 5.39. The SMILES string of the molecule is CN(CC(C)(C)C)c1ncc(C(O)NO)cn1. The van der Waals surface area contributed by atoms with Crippen molar-refractivity contribution in [1.82, 2.24) is 15.4 Å². The summed E-state index contributed by atoms with van der Waals surface area (Å²) in [6, 6.07) is 0. The fourth-order valence-electron chi connectivity index (χ4n) is 1.53. The van der Waals surface area contributed by atoms with Crippen LogP contribution in [0.2, 0.25) is 0 Å². The van der Waals surface area contributed by atoms with Crippen molar-refractivity contribution in [2.75, 3.05) is 18.5 Å². The Kier molecular flexibility index (Phi) is 4.39. The van der Waals surface area contributed by atoms with Crippen molar-refractivity contribution in [1.29, 1.82) is 0 Å². The quantitative estimate of drug-likeness (QED) is 0.536. The van der Waals surface area contributed by atoms with Crippen LogP contribution in [0.4, 0.5) is 5.95 Å². The maximum atomic E-state index is 9.29. The highest BCUT2D eigenvalue weighted by Crippen LogP contribution is 2.17. The van der Waals surface area contributed by atoms with Crippen molar-refractivity contribution in [2.45, 2.75) is 27.0 Å². The van der Waals surface area contributed by atoms with Crippen LogP contribution in [0.5, 0.6) is 0 Å². The molecule has 0 aliphatic carbocycles. The van der Waals surface area contributed by atoms with Gasteiger partial charge >= 0.3 is 0 Å². The minimum absolute atomic E-state index is 0.156. The number of nitrogens with zero attached hydrogens (tertiary/aromatic N) is 3. The van der Waals surface area contributed by atoms with Gasteiger partial charge in [-0.25, -0.2) is 9.97 Å². The van der Waals surface area contributed by atoms with Crippen LogP contribution in [-0.4, -0.2) is 33.9 Å². The molecule has 0 spiro atoms. The van der Waals surface area contributed by atoms with Crippen molar-refractivity contribution in [2.24, 2.45) is 5.41 Å². The molecule has 1 atom stereocenters. The van der Waals surface area contributed by atoms with Gasteiger partial charge in [-0.3, -0.25) is 0 Å². The van der Waals surface area contributed by atoms with E-state index in [0.717, 1.165) is 6.54 Å². The van der Waals surface area contributed by atoms with Gasteiger partial charge < -0.3 is 15.2 Å². The molecule has 1 rings (SSSR count). The second-order valence-corrected chi connectivity index (χ2v) is 5.26. The number of rotatable bonds is 4. The summed E-state index contributed by atoms with van der Waals surface area (Å²) in [7, 11) is 1.92. The van der Waals surface area contributed by atoms with Gasteiger partial charge in [0.25, 0.3) is 0 Å². The Morgan fingerprint density at radius 1 is 1.35 bits per heavy atom. The third kappa shape index (κ3) is 4.26. The van der Waals surface area contributed by atoms with Crippen LogP contribution in [0, 0.1) is 5.41 Å². The van der Waals surface area contributed by atoms with E-state index in [1.165, 1.54) is 12.4 Å². The summed E-state index contributed by atoms with van der Waals surface area (Å²) in [6.07, 6.45) is 1.81. The molecule has 0 bridgehead atoms. The number of hydrogen-bond acceptors (Lipinski definition) is 6. The fourth-order valence-corrected chi connectivity index (χ4v) is 1.53. The molecule has 0 aliphatic rings. The first-order valence-corrected chi connectivity index (χ1v) is 5.44. The molecule has 1 aromatic heterocycles. The zero-order chi connectivity index (χ0) is 13.1. The van der Waals surface area contributed by atoms with Crippen LogP contribution < -0.4 is 10.4 Å². The molecule has 0 saturated heterocycles. The largest absolute Gasteiger partial charge is 0.372 e. The Morgan fingerprint density at radius 3 is 2.29 bits per heavy atom. The number of aliphatic hydroxyl groups excluding tert-OH is 1. The van der Waals surface area contributed by atoms with E-state index < -0.39 is 6.23 Å². The van der Waals surface area contributed by atoms with Crippen LogP contribution in [0.25, 0.3) is 0 Å². The smallest absolute Gasteiger partial charge is 0.225 e. The van der Waals surface area contributed by atoms with E-state index in [-0.39, 0.29) is 5.41 Å². The molecule has 0 amide bonds. The topological polar surface area (TPSA) is 81.5 Å². The Hall–Kier alpha value is -1.24. The molecule has 6 nitrogen and oxygen atoms in total. The third-order valence-corrected chi connectivity index (χ3v) is 2.15. The molecule has 3 N–H and O–H groups in total. The number of hydroxylamine groups is 1. The van der Waals surface area contributed by atoms with Gasteiger partial charge in [0, 0.05) is 31.5 Å². The van der Waals surface area contributed by atoms with Crippen molar-refractivity contribution < 1.29 is 10.3 Å². The average molecular weight is 240 g/mol. The van der Waals surface area contributed by atoms with Gasteiger partial charge in [-0.1, -0.05) is 20.8 Å². The zero-order valence-corrected chi connectivity index (χ0v) is 10.7. The lowest BCUT2D eigenvalue weighted by molar-refractivity contribution is 0.000307. The lowest BCUT2D eigenvalue weighted by Crippen LogP contribution is -2.30. The normalized spacial score (nSPS) is 13.5. The Labute approximate surface area is 101 Å². The molecule has 0 aliphatic heterocycles. The Balaban J connectivity index is 2.74. The number of nitrogens with one attached hydrogen (secondary N) is 1. The average Bonchev–Trinajstić information content (AvgIpc) is 2.26. The van der Waals surface area contributed by atoms with Crippen molar-refractivity contribution in [3.8, 4) is 0 Å². The molecule has 0 saturated carbocycles. The first-order valence-electron chi connectivity index (χ1n) is 5.44. The first kappa shape index (κ1) is 13.8. The predicted molar refractivity (Wildman–Crippen MR) is 64.6 cm³/mol. The number of anilines is 1. The Morgan fingerprint density at radius 2 is 1.88 bits per heavy atom. The summed E-state index contributed by atoms with van der Waals surface area (Å²) in [5, 5.41) is 17.8. The molecule has 17 heavy (non-hydrogen) atoms. The molecular weight excluding hydrogens is 220 g/mol. The molecule has 0 aromatic carbocycles. The van der Waals surface area contributed by atoms with Crippen LogP contribution in [0.1, 0.15) is 32.6 Å². The van der Waals surface area contributed by atoms with Crippen molar-refractivity contribution >= 4 is 5.95 Å². The number of hydrogen-bond donors (Lipinski definition) is 3. The van der Waals surface area contributed by atoms with Crippen molar-refractivity contribution in [3.05, 3.63) is 18.0 Å². The minimum Gasteiger partial charge on any atom is -0.372 e. The third-order valence-electron chi connectivity index (χ3n) is 2.15. The van der Waals surface area contributed by atoms with Crippen LogP contribution in [-0.2, 0) is 0 Å². The summed E-state index contributed by atoms with van der Waals surface area (Å²) in [5.74, 6) is 0.591. The van der Waals surface area contributed by atoms with Crippen LogP contribution in [0.3, 0.4) is 0 Å². The molecule has 1 heterocycles. The molecule has 6 heteroatoms. The molecular formula is C11H20N4O2. The summed E-state index contributed by atoms with van der Waals surface area (Å²) in [5.41, 5.74) is 2.30. The summed E-state index contributed by atoms with van der Waals surface area (Å²) in [4.78, 5) is 10.2. The Bertz CT molecular complexity index is 347. The van der Waals surface area contributed by atoms with Gasteiger partial charge in [-0.15, -0.1) is 0 Å². The maximum Gasteiger partial charge on any atom is 0.225 e. The number of aromatic nitrogens is 2. The molecule has 1 unspecified atom stereocenters. The summed E-state index contributed by atoms with van der Waals surface area (Å²) in [6.45, 7) is 7.24. The van der Waals surface area contributed by atoms with Gasteiger partial charge in [0.1, 0.15) is 0 Å². The maximum absolute atomic E-state index is 9.29. The number of aliphatic hydroxyl groups is 1. The van der Waals surface area contributed by atoms with E-state index in [4.69, 9.17) is 5.21 Å². The fraction of sp³-hybridized carbons (Fsp3) is 0.636. The van der Waals surface area contributed by atoms with E-state index >= 15 is 0 Å². The molecule has 96 valence electrons. The molecule has 1 aromatic rings. The highest BCUT2D eigenvalue weighted by atomic mass is 16.5.